The summed E-state index contributed by atoms with van der Waals surface area (Å²) in [6.07, 6.45) is 4.46. The van der Waals surface area contributed by atoms with Crippen molar-refractivity contribution in [2.75, 3.05) is 20.1 Å². The molecule has 1 aliphatic heterocycles. The zero-order chi connectivity index (χ0) is 18.0. The normalized spacial score (nSPS) is 28.6. The Labute approximate surface area is 153 Å². The van der Waals surface area contributed by atoms with Crippen LogP contribution in [0.1, 0.15) is 38.5 Å². The lowest BCUT2D eigenvalue weighted by molar-refractivity contribution is -0.140. The van der Waals surface area contributed by atoms with Gasteiger partial charge in [-0.25, -0.2) is 8.42 Å². The highest BCUT2D eigenvalue weighted by molar-refractivity contribution is 7.91. The summed E-state index contributed by atoms with van der Waals surface area (Å²) in [6, 6.07) is 3.18. The molecule has 2 fully saturated rings. The molecule has 1 saturated heterocycles. The number of likely N-dealkylation sites (N-methyl/N-ethyl adjacent to an activating group) is 1. The van der Waals surface area contributed by atoms with E-state index in [1.165, 1.54) is 15.6 Å². The minimum absolute atomic E-state index is 0.0444. The fraction of sp³-hybridized carbons (Fsp3) is 0.706. The van der Waals surface area contributed by atoms with E-state index >= 15 is 0 Å². The Morgan fingerprint density at radius 3 is 2.72 bits per heavy atom. The van der Waals surface area contributed by atoms with Crippen LogP contribution in [0.15, 0.2) is 21.7 Å². The number of carbonyl (C=O) groups is 1. The maximum Gasteiger partial charge on any atom is 0.252 e. The molecule has 0 aromatic carbocycles. The van der Waals surface area contributed by atoms with Gasteiger partial charge in [0.2, 0.25) is 5.91 Å². The second kappa shape index (κ2) is 7.73. The van der Waals surface area contributed by atoms with Gasteiger partial charge in [-0.2, -0.15) is 4.31 Å². The molecule has 1 N–H and O–H groups in total. The number of rotatable bonds is 4. The Balaban J connectivity index is 1.69. The number of carbonyl (C=O) groups excluding carboxylic acids is 1. The second-order valence-electron chi connectivity index (χ2n) is 7.00. The second-order valence-corrected chi connectivity index (χ2v) is 10.1. The SMILES string of the molecule is CN(C(=O)[C@@H]1CCCN(S(=O)(=O)c2cccs2)C1)[C@H]1CCCC[C@H]1O. The quantitative estimate of drug-likeness (QED) is 0.857. The lowest BCUT2D eigenvalue weighted by Crippen LogP contribution is -2.51. The molecule has 3 atom stereocenters. The van der Waals surface area contributed by atoms with Crippen LogP contribution in [-0.4, -0.2) is 60.9 Å². The third-order valence-corrected chi connectivity index (χ3v) is 8.60. The molecule has 25 heavy (non-hydrogen) atoms. The van der Waals surface area contributed by atoms with Crippen molar-refractivity contribution in [2.45, 2.75) is 54.9 Å². The molecule has 140 valence electrons. The van der Waals surface area contributed by atoms with Crippen LogP contribution in [0.4, 0.5) is 0 Å². The lowest BCUT2D eigenvalue weighted by Gasteiger charge is -2.39. The van der Waals surface area contributed by atoms with Crippen LogP contribution in [-0.2, 0) is 14.8 Å². The average Bonchev–Trinajstić information content (AvgIpc) is 3.16. The number of thiophene rings is 1. The zero-order valence-electron chi connectivity index (χ0n) is 14.5. The first kappa shape index (κ1) is 18.8. The Bertz CT molecular complexity index is 690. The van der Waals surface area contributed by atoms with Gasteiger partial charge in [0, 0.05) is 20.1 Å². The number of hydrogen-bond donors (Lipinski definition) is 1. The van der Waals surface area contributed by atoms with Crippen molar-refractivity contribution in [1.29, 1.82) is 0 Å². The van der Waals surface area contributed by atoms with Crippen LogP contribution >= 0.6 is 11.3 Å². The molecule has 0 spiro atoms. The molecule has 2 heterocycles. The van der Waals surface area contributed by atoms with Gasteiger partial charge in [0.15, 0.2) is 0 Å². The molecule has 1 saturated carbocycles. The highest BCUT2D eigenvalue weighted by Gasteiger charge is 2.37. The number of hydrogen-bond acceptors (Lipinski definition) is 5. The standard InChI is InChI=1S/C17H26N2O4S2/c1-18(14-7-2-3-8-15(14)20)17(21)13-6-4-10-19(12-13)25(22,23)16-9-5-11-24-16/h5,9,11,13-15,20H,2-4,6-8,10,12H2,1H3/t13-,14+,15-/m1/s1. The number of sulfonamides is 1. The minimum Gasteiger partial charge on any atom is -0.391 e. The topological polar surface area (TPSA) is 77.9 Å². The summed E-state index contributed by atoms with van der Waals surface area (Å²) in [5, 5.41) is 11.9. The summed E-state index contributed by atoms with van der Waals surface area (Å²) in [4.78, 5) is 14.6. The van der Waals surface area contributed by atoms with Gasteiger partial charge in [-0.1, -0.05) is 18.9 Å². The van der Waals surface area contributed by atoms with Crippen LogP contribution in [0.2, 0.25) is 0 Å². The molecule has 1 aromatic rings. The maximum absolute atomic E-state index is 12.9. The number of piperidine rings is 1. The van der Waals surface area contributed by atoms with E-state index in [-0.39, 0.29) is 24.4 Å². The summed E-state index contributed by atoms with van der Waals surface area (Å²) in [7, 11) is -1.77. The van der Waals surface area contributed by atoms with Crippen LogP contribution in [0.5, 0.6) is 0 Å². The van der Waals surface area contributed by atoms with Crippen LogP contribution < -0.4 is 0 Å². The average molecular weight is 387 g/mol. The summed E-state index contributed by atoms with van der Waals surface area (Å²) in [5.41, 5.74) is 0. The zero-order valence-corrected chi connectivity index (χ0v) is 16.1. The molecule has 6 nitrogen and oxygen atoms in total. The van der Waals surface area contributed by atoms with Gasteiger partial charge in [0.1, 0.15) is 4.21 Å². The third kappa shape index (κ3) is 3.92. The monoisotopic (exact) mass is 386 g/mol. The van der Waals surface area contributed by atoms with E-state index in [0.29, 0.717) is 23.6 Å². The maximum atomic E-state index is 12.9. The van der Waals surface area contributed by atoms with Crippen molar-refractivity contribution in [1.82, 2.24) is 9.21 Å². The van der Waals surface area contributed by atoms with Crippen LogP contribution in [0, 0.1) is 5.92 Å². The van der Waals surface area contributed by atoms with Gasteiger partial charge in [0.05, 0.1) is 18.1 Å². The largest absolute Gasteiger partial charge is 0.391 e. The first-order valence-corrected chi connectivity index (χ1v) is 11.2. The number of aliphatic hydroxyl groups excluding tert-OH is 1. The Morgan fingerprint density at radius 2 is 2.04 bits per heavy atom. The molecule has 3 rings (SSSR count). The van der Waals surface area contributed by atoms with E-state index in [0.717, 1.165) is 25.7 Å². The van der Waals surface area contributed by atoms with E-state index < -0.39 is 16.1 Å². The molecule has 1 amide bonds. The van der Waals surface area contributed by atoms with Crippen molar-refractivity contribution in [3.05, 3.63) is 17.5 Å². The highest BCUT2D eigenvalue weighted by atomic mass is 32.2. The Hall–Kier alpha value is -0.960. The molecule has 0 radical (unpaired) electrons. The number of nitrogens with zero attached hydrogens (tertiary/aromatic N) is 2. The van der Waals surface area contributed by atoms with Gasteiger partial charge in [-0.3, -0.25) is 4.79 Å². The summed E-state index contributed by atoms with van der Waals surface area (Å²) in [6.45, 7) is 0.687. The van der Waals surface area contributed by atoms with Crippen molar-refractivity contribution < 1.29 is 18.3 Å². The van der Waals surface area contributed by atoms with Gasteiger partial charge < -0.3 is 10.0 Å². The van der Waals surface area contributed by atoms with Crippen molar-refractivity contribution >= 4 is 27.3 Å². The third-order valence-electron chi connectivity index (χ3n) is 5.36. The minimum atomic E-state index is -3.51. The summed E-state index contributed by atoms with van der Waals surface area (Å²) < 4.78 is 27.2. The van der Waals surface area contributed by atoms with E-state index in [1.54, 1.807) is 29.5 Å². The van der Waals surface area contributed by atoms with Crippen molar-refractivity contribution in [3.8, 4) is 0 Å². The fourth-order valence-electron chi connectivity index (χ4n) is 3.89. The molecule has 1 aromatic heterocycles. The summed E-state index contributed by atoms with van der Waals surface area (Å²) >= 11 is 1.20. The molecule has 1 aliphatic carbocycles. The highest BCUT2D eigenvalue weighted by Crippen LogP contribution is 2.29. The molecule has 8 heteroatoms. The van der Waals surface area contributed by atoms with E-state index in [2.05, 4.69) is 0 Å². The van der Waals surface area contributed by atoms with E-state index in [1.807, 2.05) is 0 Å². The predicted octanol–water partition coefficient (Wildman–Crippen LogP) is 1.91. The number of aliphatic hydroxyl groups is 1. The van der Waals surface area contributed by atoms with Gasteiger partial charge in [-0.05, 0) is 37.1 Å². The predicted molar refractivity (Wildman–Crippen MR) is 96.8 cm³/mol. The Morgan fingerprint density at radius 1 is 1.28 bits per heavy atom. The summed E-state index contributed by atoms with van der Waals surface area (Å²) in [5.74, 6) is -0.375. The molecule has 0 bridgehead atoms. The number of amides is 1. The van der Waals surface area contributed by atoms with Crippen molar-refractivity contribution in [2.24, 2.45) is 5.92 Å². The molecule has 2 aliphatic rings. The van der Waals surface area contributed by atoms with Gasteiger partial charge >= 0.3 is 0 Å². The fourth-order valence-corrected chi connectivity index (χ4v) is 6.56. The van der Waals surface area contributed by atoms with Crippen molar-refractivity contribution in [3.63, 3.8) is 0 Å². The smallest absolute Gasteiger partial charge is 0.252 e. The van der Waals surface area contributed by atoms with Crippen LogP contribution in [0.3, 0.4) is 0 Å². The lowest BCUT2D eigenvalue weighted by atomic mass is 9.90. The first-order chi connectivity index (χ1) is 11.9. The van der Waals surface area contributed by atoms with Crippen LogP contribution in [0.25, 0.3) is 0 Å². The molecular formula is C17H26N2O4S2. The van der Waals surface area contributed by atoms with E-state index in [9.17, 15) is 18.3 Å². The van der Waals surface area contributed by atoms with E-state index in [4.69, 9.17) is 0 Å². The molecular weight excluding hydrogens is 360 g/mol. The molecule has 0 unspecified atom stereocenters. The van der Waals surface area contributed by atoms with Gasteiger partial charge in [-0.15, -0.1) is 11.3 Å². The first-order valence-electron chi connectivity index (χ1n) is 8.89. The Kier molecular flexibility index (Phi) is 5.82. The van der Waals surface area contributed by atoms with Gasteiger partial charge in [0.25, 0.3) is 10.0 Å².